The lowest BCUT2D eigenvalue weighted by atomic mass is 10.5. The van der Waals surface area contributed by atoms with Gasteiger partial charge in [-0.1, -0.05) is 5.16 Å². The molecular weight excluding hydrogens is 222 g/mol. The van der Waals surface area contributed by atoms with Crippen LogP contribution in [0.15, 0.2) is 5.16 Å². The van der Waals surface area contributed by atoms with Crippen molar-refractivity contribution in [2.24, 2.45) is 10.9 Å². The van der Waals surface area contributed by atoms with Crippen molar-refractivity contribution in [1.29, 1.82) is 0 Å². The summed E-state index contributed by atoms with van der Waals surface area (Å²) in [6, 6.07) is 0. The van der Waals surface area contributed by atoms with Gasteiger partial charge in [-0.15, -0.1) is 0 Å². The molecule has 0 aromatic rings. The van der Waals surface area contributed by atoms with Gasteiger partial charge in [0.25, 0.3) is 0 Å². The Morgan fingerprint density at radius 2 is 2.20 bits per heavy atom. The summed E-state index contributed by atoms with van der Waals surface area (Å²) in [6.07, 6.45) is -0.00993. The van der Waals surface area contributed by atoms with Crippen LogP contribution in [0.4, 0.5) is 0 Å². The molecule has 4 N–H and O–H groups in total. The van der Waals surface area contributed by atoms with E-state index in [4.69, 9.17) is 15.7 Å². The molecule has 0 aliphatic carbocycles. The number of ether oxygens (including phenoxy) is 1. The number of nitrogens with zero attached hydrogens (tertiary/aromatic N) is 1. The quantitative estimate of drug-likeness (QED) is 0.230. The molecule has 0 amide bonds. The van der Waals surface area contributed by atoms with Crippen molar-refractivity contribution in [1.82, 2.24) is 4.72 Å². The average molecular weight is 239 g/mol. The number of oxime groups is 1. The average Bonchev–Trinajstić information content (AvgIpc) is 2.13. The van der Waals surface area contributed by atoms with E-state index in [1.54, 1.807) is 0 Å². The SMILES string of the molecule is CC(C)OCCS(=O)(=O)NCC(N)=NO. The molecule has 0 aromatic heterocycles. The molecule has 7 nitrogen and oxygen atoms in total. The molecule has 0 aliphatic heterocycles. The van der Waals surface area contributed by atoms with Crippen LogP contribution < -0.4 is 10.5 Å². The molecule has 0 saturated heterocycles. The molecule has 0 bridgehead atoms. The summed E-state index contributed by atoms with van der Waals surface area (Å²) in [5.41, 5.74) is 5.10. The smallest absolute Gasteiger partial charge is 0.214 e. The summed E-state index contributed by atoms with van der Waals surface area (Å²) in [7, 11) is -3.43. The zero-order valence-electron chi connectivity index (χ0n) is 8.80. The Kier molecular flexibility index (Phi) is 6.21. The lowest BCUT2D eigenvalue weighted by molar-refractivity contribution is 0.0911. The summed E-state index contributed by atoms with van der Waals surface area (Å²) in [5, 5.41) is 10.8. The molecule has 0 spiro atoms. The molecule has 0 unspecified atom stereocenters. The third-order valence-electron chi connectivity index (χ3n) is 1.40. The normalized spacial score (nSPS) is 13.4. The second kappa shape index (κ2) is 6.59. The van der Waals surface area contributed by atoms with Gasteiger partial charge in [0, 0.05) is 0 Å². The van der Waals surface area contributed by atoms with Crippen molar-refractivity contribution < 1.29 is 18.4 Å². The van der Waals surface area contributed by atoms with Gasteiger partial charge in [-0.3, -0.25) is 0 Å². The number of nitrogens with one attached hydrogen (secondary N) is 1. The minimum atomic E-state index is -3.43. The molecule has 0 aromatic carbocycles. The highest BCUT2D eigenvalue weighted by molar-refractivity contribution is 7.89. The number of amidine groups is 1. The lowest BCUT2D eigenvalue weighted by Gasteiger charge is -2.08. The maximum absolute atomic E-state index is 11.2. The van der Waals surface area contributed by atoms with Crippen molar-refractivity contribution in [2.75, 3.05) is 18.9 Å². The first-order valence-corrected chi connectivity index (χ1v) is 6.08. The third-order valence-corrected chi connectivity index (χ3v) is 2.69. The predicted molar refractivity (Wildman–Crippen MR) is 56.3 cm³/mol. The number of hydrogen-bond acceptors (Lipinski definition) is 5. The zero-order chi connectivity index (χ0) is 11.9. The van der Waals surface area contributed by atoms with Gasteiger partial charge in [0.2, 0.25) is 10.0 Å². The van der Waals surface area contributed by atoms with Gasteiger partial charge in [0.05, 0.1) is 25.0 Å². The maximum atomic E-state index is 11.2. The Morgan fingerprint density at radius 1 is 1.60 bits per heavy atom. The van der Waals surface area contributed by atoms with Gasteiger partial charge in [-0.05, 0) is 13.8 Å². The van der Waals surface area contributed by atoms with Gasteiger partial charge < -0.3 is 15.7 Å². The van der Waals surface area contributed by atoms with Crippen LogP contribution in [-0.4, -0.2) is 44.5 Å². The fraction of sp³-hybridized carbons (Fsp3) is 0.857. The van der Waals surface area contributed by atoms with E-state index in [1.165, 1.54) is 0 Å². The first-order chi connectivity index (χ1) is 6.87. The van der Waals surface area contributed by atoms with Gasteiger partial charge in [0.15, 0.2) is 5.84 Å². The second-order valence-corrected chi connectivity index (χ2v) is 5.08. The number of hydrogen-bond donors (Lipinski definition) is 3. The van der Waals surface area contributed by atoms with Crippen LogP contribution >= 0.6 is 0 Å². The Hall–Kier alpha value is -0.860. The van der Waals surface area contributed by atoms with Crippen molar-refractivity contribution >= 4 is 15.9 Å². The Labute approximate surface area is 89.3 Å². The Balaban J connectivity index is 3.88. The minimum absolute atomic E-state index is 0.00993. The van der Waals surface area contributed by atoms with Crippen LogP contribution in [0, 0.1) is 0 Å². The van der Waals surface area contributed by atoms with E-state index in [2.05, 4.69) is 9.88 Å². The van der Waals surface area contributed by atoms with E-state index in [0.717, 1.165) is 0 Å². The summed E-state index contributed by atoms with van der Waals surface area (Å²) in [4.78, 5) is 0. The summed E-state index contributed by atoms with van der Waals surface area (Å²) >= 11 is 0. The van der Waals surface area contributed by atoms with E-state index in [-0.39, 0.29) is 30.8 Å². The van der Waals surface area contributed by atoms with E-state index in [9.17, 15) is 8.42 Å². The van der Waals surface area contributed by atoms with E-state index >= 15 is 0 Å². The van der Waals surface area contributed by atoms with Crippen LogP contribution in [0.25, 0.3) is 0 Å². The number of nitrogens with two attached hydrogens (primary N) is 1. The molecule has 0 heterocycles. The molecule has 0 radical (unpaired) electrons. The van der Waals surface area contributed by atoms with Crippen molar-refractivity contribution in [3.05, 3.63) is 0 Å². The third kappa shape index (κ3) is 8.16. The van der Waals surface area contributed by atoms with Gasteiger partial charge in [0.1, 0.15) is 0 Å². The standard InChI is InChI=1S/C7H17N3O4S/c1-6(2)14-3-4-15(12,13)9-5-7(8)10-11/h6,9,11H,3-5H2,1-2H3,(H2,8,10). The van der Waals surface area contributed by atoms with E-state index in [1.807, 2.05) is 13.8 Å². The second-order valence-electron chi connectivity index (χ2n) is 3.15. The number of rotatable bonds is 7. The Morgan fingerprint density at radius 3 is 2.67 bits per heavy atom. The first-order valence-electron chi connectivity index (χ1n) is 4.42. The van der Waals surface area contributed by atoms with Crippen molar-refractivity contribution in [2.45, 2.75) is 20.0 Å². The highest BCUT2D eigenvalue weighted by atomic mass is 32.2. The van der Waals surface area contributed by atoms with Crippen LogP contribution in [-0.2, 0) is 14.8 Å². The highest BCUT2D eigenvalue weighted by Crippen LogP contribution is 1.90. The van der Waals surface area contributed by atoms with Crippen molar-refractivity contribution in [3.8, 4) is 0 Å². The predicted octanol–water partition coefficient (Wildman–Crippen LogP) is -0.923. The van der Waals surface area contributed by atoms with Gasteiger partial charge in [-0.25, -0.2) is 13.1 Å². The van der Waals surface area contributed by atoms with Crippen LogP contribution in [0.2, 0.25) is 0 Å². The van der Waals surface area contributed by atoms with Crippen LogP contribution in [0.3, 0.4) is 0 Å². The fourth-order valence-electron chi connectivity index (χ4n) is 0.685. The minimum Gasteiger partial charge on any atom is -0.409 e. The number of sulfonamides is 1. The molecule has 0 aliphatic rings. The molecule has 0 saturated carbocycles. The molecule has 8 heteroatoms. The van der Waals surface area contributed by atoms with E-state index in [0.29, 0.717) is 0 Å². The van der Waals surface area contributed by atoms with Crippen LogP contribution in [0.5, 0.6) is 0 Å². The largest absolute Gasteiger partial charge is 0.409 e. The molecule has 0 atom stereocenters. The molecular formula is C7H17N3O4S. The molecule has 0 fully saturated rings. The summed E-state index contributed by atoms with van der Waals surface area (Å²) in [5.74, 6) is -0.340. The molecule has 0 rings (SSSR count). The summed E-state index contributed by atoms with van der Waals surface area (Å²) < 4.78 is 29.7. The van der Waals surface area contributed by atoms with Gasteiger partial charge in [-0.2, -0.15) is 0 Å². The maximum Gasteiger partial charge on any atom is 0.214 e. The lowest BCUT2D eigenvalue weighted by Crippen LogP contribution is -2.36. The Bertz CT molecular complexity index is 299. The monoisotopic (exact) mass is 239 g/mol. The highest BCUT2D eigenvalue weighted by Gasteiger charge is 2.10. The van der Waals surface area contributed by atoms with Gasteiger partial charge >= 0.3 is 0 Å². The molecule has 15 heavy (non-hydrogen) atoms. The zero-order valence-corrected chi connectivity index (χ0v) is 9.62. The molecule has 90 valence electrons. The first kappa shape index (κ1) is 14.1. The topological polar surface area (TPSA) is 114 Å². The fourth-order valence-corrected chi connectivity index (χ4v) is 1.51. The van der Waals surface area contributed by atoms with Crippen LogP contribution in [0.1, 0.15) is 13.8 Å². The van der Waals surface area contributed by atoms with E-state index < -0.39 is 10.0 Å². The summed E-state index contributed by atoms with van der Waals surface area (Å²) in [6.45, 7) is 3.54. The van der Waals surface area contributed by atoms with Crippen molar-refractivity contribution in [3.63, 3.8) is 0 Å².